The first kappa shape index (κ1) is 10.0. The molecule has 1 heterocycles. The van der Waals surface area contributed by atoms with Gasteiger partial charge in [-0.15, -0.1) is 24.5 Å². The molecule has 0 fully saturated rings. The van der Waals surface area contributed by atoms with Crippen LogP contribution in [0.2, 0.25) is 0 Å². The van der Waals surface area contributed by atoms with Crippen molar-refractivity contribution in [3.63, 3.8) is 0 Å². The minimum Gasteiger partial charge on any atom is -0.505 e. The van der Waals surface area contributed by atoms with Crippen LogP contribution >= 0.6 is 11.3 Å². The van der Waals surface area contributed by atoms with E-state index in [1.54, 1.807) is 0 Å². The lowest BCUT2D eigenvalue weighted by Crippen LogP contribution is -2.16. The van der Waals surface area contributed by atoms with Crippen molar-refractivity contribution in [1.82, 2.24) is 4.98 Å². The third kappa shape index (κ3) is 2.12. The van der Waals surface area contributed by atoms with Crippen LogP contribution in [0.3, 0.4) is 0 Å². The van der Waals surface area contributed by atoms with Gasteiger partial charge >= 0.3 is 6.36 Å². The summed E-state index contributed by atoms with van der Waals surface area (Å²) in [5, 5.41) is 9.33. The van der Waals surface area contributed by atoms with Crippen molar-refractivity contribution >= 4 is 21.6 Å². The number of halogens is 3. The van der Waals surface area contributed by atoms with Crippen LogP contribution in [-0.2, 0) is 0 Å². The smallest absolute Gasteiger partial charge is 0.505 e. The second kappa shape index (κ2) is 3.27. The third-order valence-electron chi connectivity index (χ3n) is 1.62. The van der Waals surface area contributed by atoms with Gasteiger partial charge in [-0.2, -0.15) is 0 Å². The number of aromatic nitrogens is 1. The number of hydrogen-bond donors (Lipinski definition) is 1. The molecule has 0 saturated carbocycles. The van der Waals surface area contributed by atoms with Crippen molar-refractivity contribution in [2.24, 2.45) is 0 Å². The Kier molecular flexibility index (Phi) is 2.18. The van der Waals surface area contributed by atoms with Gasteiger partial charge in [-0.3, -0.25) is 0 Å². The Morgan fingerprint density at radius 2 is 2.07 bits per heavy atom. The lowest BCUT2D eigenvalue weighted by molar-refractivity contribution is -0.274. The minimum atomic E-state index is -4.76. The Balaban J connectivity index is 2.45. The first-order chi connectivity index (χ1) is 6.96. The maximum absolute atomic E-state index is 11.9. The minimum absolute atomic E-state index is 0.273. The van der Waals surface area contributed by atoms with E-state index in [9.17, 15) is 18.3 Å². The highest BCUT2D eigenvalue weighted by Crippen LogP contribution is 2.33. The molecule has 3 nitrogen and oxygen atoms in total. The highest BCUT2D eigenvalue weighted by Gasteiger charge is 2.31. The highest BCUT2D eigenvalue weighted by molar-refractivity contribution is 7.16. The van der Waals surface area contributed by atoms with Crippen LogP contribution < -0.4 is 4.74 Å². The average molecular weight is 235 g/mol. The lowest BCUT2D eigenvalue weighted by Gasteiger charge is -2.08. The number of nitrogens with zero attached hydrogens (tertiary/aromatic N) is 1. The number of fused-ring (bicyclic) bond motifs is 1. The van der Waals surface area contributed by atoms with Gasteiger partial charge in [-0.25, -0.2) is 4.98 Å². The van der Waals surface area contributed by atoms with Crippen molar-refractivity contribution in [3.8, 4) is 11.5 Å². The van der Waals surface area contributed by atoms with E-state index in [4.69, 9.17) is 0 Å². The van der Waals surface area contributed by atoms with Gasteiger partial charge in [0.1, 0.15) is 17.0 Å². The molecular weight excluding hydrogens is 231 g/mol. The Morgan fingerprint density at radius 3 is 2.73 bits per heavy atom. The number of hydrogen-bond acceptors (Lipinski definition) is 4. The SMILES string of the molecule is Oc1cc(OC(F)(F)F)cc2scnc12. The highest BCUT2D eigenvalue weighted by atomic mass is 32.1. The maximum Gasteiger partial charge on any atom is 0.573 e. The second-order valence-corrected chi connectivity index (χ2v) is 3.58. The number of phenolic OH excluding ortho intramolecular Hbond substituents is 1. The Labute approximate surface area is 85.7 Å². The molecular formula is C8H4F3NO2S. The summed E-state index contributed by atoms with van der Waals surface area (Å²) in [4.78, 5) is 3.79. The third-order valence-corrected chi connectivity index (χ3v) is 2.40. The zero-order chi connectivity index (χ0) is 11.1. The fourth-order valence-electron chi connectivity index (χ4n) is 1.12. The molecule has 0 radical (unpaired) electrons. The predicted octanol–water partition coefficient (Wildman–Crippen LogP) is 2.90. The molecule has 0 aliphatic heterocycles. The molecule has 0 aliphatic rings. The van der Waals surface area contributed by atoms with E-state index in [0.29, 0.717) is 4.70 Å². The normalized spacial score (nSPS) is 11.9. The summed E-state index contributed by atoms with van der Waals surface area (Å²) >= 11 is 1.12. The molecule has 15 heavy (non-hydrogen) atoms. The molecule has 2 rings (SSSR count). The molecule has 0 bridgehead atoms. The average Bonchev–Trinajstić information content (AvgIpc) is 2.48. The van der Waals surface area contributed by atoms with E-state index >= 15 is 0 Å². The molecule has 1 aromatic heterocycles. The summed E-state index contributed by atoms with van der Waals surface area (Å²) in [5.41, 5.74) is 1.71. The topological polar surface area (TPSA) is 42.4 Å². The standard InChI is InChI=1S/C8H4F3NO2S/c9-8(10,11)14-4-1-5(13)7-6(2-4)15-3-12-7/h1-3,13H. The molecule has 0 amide bonds. The van der Waals surface area contributed by atoms with Crippen molar-refractivity contribution in [3.05, 3.63) is 17.6 Å². The van der Waals surface area contributed by atoms with E-state index < -0.39 is 12.1 Å². The zero-order valence-corrected chi connectivity index (χ0v) is 7.89. The van der Waals surface area contributed by atoms with Gasteiger partial charge in [0, 0.05) is 12.1 Å². The summed E-state index contributed by atoms with van der Waals surface area (Å²) in [6, 6.07) is 2.07. The van der Waals surface area contributed by atoms with E-state index in [2.05, 4.69) is 9.72 Å². The number of thiazole rings is 1. The predicted molar refractivity (Wildman–Crippen MR) is 48.0 cm³/mol. The molecule has 0 aliphatic carbocycles. The van der Waals surface area contributed by atoms with Gasteiger partial charge in [-0.05, 0) is 0 Å². The first-order valence-electron chi connectivity index (χ1n) is 3.78. The van der Waals surface area contributed by atoms with E-state index in [1.165, 1.54) is 11.6 Å². The molecule has 0 saturated heterocycles. The van der Waals surface area contributed by atoms with Crippen LogP contribution in [0.4, 0.5) is 13.2 Å². The van der Waals surface area contributed by atoms with Gasteiger partial charge in [0.05, 0.1) is 10.2 Å². The Hall–Kier alpha value is -1.50. The second-order valence-electron chi connectivity index (χ2n) is 2.69. The fraction of sp³-hybridized carbons (Fsp3) is 0.125. The fourth-order valence-corrected chi connectivity index (χ4v) is 1.84. The van der Waals surface area contributed by atoms with E-state index in [0.717, 1.165) is 17.4 Å². The van der Waals surface area contributed by atoms with Crippen LogP contribution in [0.25, 0.3) is 10.2 Å². The van der Waals surface area contributed by atoms with Gasteiger partial charge in [0.15, 0.2) is 0 Å². The first-order valence-corrected chi connectivity index (χ1v) is 4.65. The van der Waals surface area contributed by atoms with Crippen molar-refractivity contribution < 1.29 is 23.0 Å². The monoisotopic (exact) mass is 235 g/mol. The van der Waals surface area contributed by atoms with Crippen molar-refractivity contribution in [2.45, 2.75) is 6.36 Å². The van der Waals surface area contributed by atoms with Gasteiger partial charge in [-0.1, -0.05) is 0 Å². The number of ether oxygens (including phenoxy) is 1. The van der Waals surface area contributed by atoms with Gasteiger partial charge in [0.2, 0.25) is 0 Å². The Bertz CT molecular complexity index is 494. The molecule has 0 unspecified atom stereocenters. The van der Waals surface area contributed by atoms with Gasteiger partial charge in [0.25, 0.3) is 0 Å². The molecule has 80 valence electrons. The maximum atomic E-state index is 11.9. The number of aromatic hydroxyl groups is 1. The summed E-state index contributed by atoms with van der Waals surface area (Å²) in [5.74, 6) is -0.773. The zero-order valence-electron chi connectivity index (χ0n) is 7.08. The Morgan fingerprint density at radius 1 is 1.33 bits per heavy atom. The lowest BCUT2D eigenvalue weighted by atomic mass is 10.3. The van der Waals surface area contributed by atoms with Crippen LogP contribution in [-0.4, -0.2) is 16.5 Å². The molecule has 0 atom stereocenters. The van der Waals surface area contributed by atoms with E-state index in [1.807, 2.05) is 0 Å². The molecule has 2 aromatic rings. The molecule has 0 spiro atoms. The number of phenols is 1. The number of rotatable bonds is 1. The van der Waals surface area contributed by atoms with Gasteiger partial charge < -0.3 is 9.84 Å². The quantitative estimate of drug-likeness (QED) is 0.826. The number of alkyl halides is 3. The van der Waals surface area contributed by atoms with Crippen molar-refractivity contribution in [2.75, 3.05) is 0 Å². The molecule has 1 aromatic carbocycles. The largest absolute Gasteiger partial charge is 0.573 e. The summed E-state index contributed by atoms with van der Waals surface area (Å²) in [7, 11) is 0. The summed E-state index contributed by atoms with van der Waals surface area (Å²) in [6.45, 7) is 0. The van der Waals surface area contributed by atoms with Crippen LogP contribution in [0.1, 0.15) is 0 Å². The summed E-state index contributed by atoms with van der Waals surface area (Å²) < 4.78 is 39.8. The van der Waals surface area contributed by atoms with Crippen molar-refractivity contribution in [1.29, 1.82) is 0 Å². The van der Waals surface area contributed by atoms with Crippen LogP contribution in [0.15, 0.2) is 17.6 Å². The number of benzene rings is 1. The molecule has 1 N–H and O–H groups in total. The van der Waals surface area contributed by atoms with E-state index in [-0.39, 0.29) is 11.3 Å². The van der Waals surface area contributed by atoms with Crippen LogP contribution in [0.5, 0.6) is 11.5 Å². The summed E-state index contributed by atoms with van der Waals surface area (Å²) in [6.07, 6.45) is -4.76. The molecule has 7 heteroatoms. The van der Waals surface area contributed by atoms with Crippen LogP contribution in [0, 0.1) is 0 Å².